The first-order valence-corrected chi connectivity index (χ1v) is 9.11. The van der Waals surface area contributed by atoms with Gasteiger partial charge in [0.15, 0.2) is 5.96 Å². The zero-order chi connectivity index (χ0) is 19.6. The Bertz CT molecular complexity index is 748. The van der Waals surface area contributed by atoms with Crippen molar-refractivity contribution in [1.82, 2.24) is 15.5 Å². The molecule has 1 unspecified atom stereocenters. The molecule has 5 nitrogen and oxygen atoms in total. The second kappa shape index (κ2) is 10.5. The molecular weight excluding hydrogens is 343 g/mol. The van der Waals surface area contributed by atoms with Gasteiger partial charge in [-0.25, -0.2) is 9.38 Å². The van der Waals surface area contributed by atoms with Crippen LogP contribution >= 0.6 is 0 Å². The van der Waals surface area contributed by atoms with Gasteiger partial charge in [-0.2, -0.15) is 0 Å². The molecule has 0 bridgehead atoms. The maximum Gasteiger partial charge on any atom is 0.191 e. The number of nitrogens with zero attached hydrogens (tertiary/aromatic N) is 2. The van der Waals surface area contributed by atoms with Gasteiger partial charge in [-0.1, -0.05) is 30.3 Å². The van der Waals surface area contributed by atoms with Gasteiger partial charge in [0.05, 0.1) is 19.7 Å². The molecule has 0 heterocycles. The number of hydrogen-bond donors (Lipinski definition) is 2. The van der Waals surface area contributed by atoms with Crippen molar-refractivity contribution in [2.24, 2.45) is 4.99 Å². The van der Waals surface area contributed by atoms with Crippen LogP contribution in [0.3, 0.4) is 0 Å². The SMILES string of the molecule is CCNC(=NCc1ccccc1OC)NCC(c1cccc(F)c1)N(C)C. The molecular formula is C21H29FN4O. The molecule has 27 heavy (non-hydrogen) atoms. The maximum atomic E-state index is 13.6. The number of aliphatic imine (C=N–C) groups is 1. The van der Waals surface area contributed by atoms with E-state index >= 15 is 0 Å². The van der Waals surface area contributed by atoms with E-state index in [1.165, 1.54) is 6.07 Å². The Kier molecular flexibility index (Phi) is 8.07. The molecule has 2 N–H and O–H groups in total. The van der Waals surface area contributed by atoms with Crippen molar-refractivity contribution in [3.05, 3.63) is 65.5 Å². The number of para-hydroxylation sites is 1. The molecule has 0 fully saturated rings. The summed E-state index contributed by atoms with van der Waals surface area (Å²) < 4.78 is 19.0. The summed E-state index contributed by atoms with van der Waals surface area (Å²) in [5.74, 6) is 1.31. The molecule has 146 valence electrons. The summed E-state index contributed by atoms with van der Waals surface area (Å²) in [6.45, 7) is 3.89. The smallest absolute Gasteiger partial charge is 0.191 e. The molecule has 0 aliphatic carbocycles. The molecule has 2 rings (SSSR count). The largest absolute Gasteiger partial charge is 0.496 e. The molecule has 0 spiro atoms. The average Bonchev–Trinajstić information content (AvgIpc) is 2.66. The quantitative estimate of drug-likeness (QED) is 0.552. The van der Waals surface area contributed by atoms with E-state index in [2.05, 4.69) is 20.5 Å². The van der Waals surface area contributed by atoms with Crippen molar-refractivity contribution < 1.29 is 9.13 Å². The number of rotatable bonds is 8. The number of methoxy groups -OCH3 is 1. The van der Waals surface area contributed by atoms with Crippen LogP contribution in [0.4, 0.5) is 4.39 Å². The third-order valence-electron chi connectivity index (χ3n) is 4.26. The minimum absolute atomic E-state index is 0.0239. The van der Waals surface area contributed by atoms with Crippen LogP contribution in [-0.2, 0) is 6.54 Å². The molecule has 2 aromatic carbocycles. The van der Waals surface area contributed by atoms with Crippen molar-refractivity contribution in [2.45, 2.75) is 19.5 Å². The van der Waals surface area contributed by atoms with Crippen LogP contribution in [0.1, 0.15) is 24.1 Å². The topological polar surface area (TPSA) is 48.9 Å². The number of nitrogens with one attached hydrogen (secondary N) is 2. The van der Waals surface area contributed by atoms with E-state index in [9.17, 15) is 4.39 Å². The number of ether oxygens (including phenoxy) is 1. The summed E-state index contributed by atoms with van der Waals surface area (Å²) in [6, 6.07) is 14.6. The Hall–Kier alpha value is -2.60. The van der Waals surface area contributed by atoms with Gasteiger partial charge < -0.3 is 20.3 Å². The van der Waals surface area contributed by atoms with Crippen molar-refractivity contribution in [3.8, 4) is 5.75 Å². The van der Waals surface area contributed by atoms with E-state index in [0.29, 0.717) is 19.0 Å². The molecule has 0 aliphatic heterocycles. The maximum absolute atomic E-state index is 13.6. The van der Waals surface area contributed by atoms with Crippen molar-refractivity contribution in [1.29, 1.82) is 0 Å². The fourth-order valence-corrected chi connectivity index (χ4v) is 2.85. The zero-order valence-electron chi connectivity index (χ0n) is 16.5. The third kappa shape index (κ3) is 6.25. The molecule has 0 aliphatic rings. The van der Waals surface area contributed by atoms with Gasteiger partial charge in [0.2, 0.25) is 0 Å². The molecule has 6 heteroatoms. The first-order valence-electron chi connectivity index (χ1n) is 9.11. The lowest BCUT2D eigenvalue weighted by atomic mass is 10.1. The fraction of sp³-hybridized carbons (Fsp3) is 0.381. The lowest BCUT2D eigenvalue weighted by Crippen LogP contribution is -2.41. The van der Waals surface area contributed by atoms with Gasteiger partial charge >= 0.3 is 0 Å². The second-order valence-electron chi connectivity index (χ2n) is 6.42. The Balaban J connectivity index is 2.09. The highest BCUT2D eigenvalue weighted by Crippen LogP contribution is 2.19. The fourth-order valence-electron chi connectivity index (χ4n) is 2.85. The highest BCUT2D eigenvalue weighted by molar-refractivity contribution is 5.79. The standard InChI is InChI=1S/C21H29FN4O/c1-5-23-21(24-14-17-9-6-7-12-20(17)27-4)25-15-19(26(2)3)16-10-8-11-18(22)13-16/h6-13,19H,5,14-15H2,1-4H3,(H2,23,24,25). The number of benzene rings is 2. The van der Waals surface area contributed by atoms with Crippen LogP contribution in [0.15, 0.2) is 53.5 Å². The van der Waals surface area contributed by atoms with E-state index in [4.69, 9.17) is 4.74 Å². The highest BCUT2D eigenvalue weighted by Gasteiger charge is 2.15. The Labute approximate surface area is 161 Å². The van der Waals surface area contributed by atoms with Gasteiger partial charge in [-0.3, -0.25) is 0 Å². The predicted molar refractivity (Wildman–Crippen MR) is 109 cm³/mol. The summed E-state index contributed by atoms with van der Waals surface area (Å²) in [7, 11) is 5.62. The van der Waals surface area contributed by atoms with E-state index in [1.807, 2.05) is 51.4 Å². The lowest BCUT2D eigenvalue weighted by molar-refractivity contribution is 0.297. The van der Waals surface area contributed by atoms with Crippen molar-refractivity contribution in [3.63, 3.8) is 0 Å². The molecule has 0 aromatic heterocycles. The Morgan fingerprint density at radius 2 is 1.93 bits per heavy atom. The number of halogens is 1. The second-order valence-corrected chi connectivity index (χ2v) is 6.42. The number of hydrogen-bond acceptors (Lipinski definition) is 3. The highest BCUT2D eigenvalue weighted by atomic mass is 19.1. The molecule has 0 saturated carbocycles. The van der Waals surface area contributed by atoms with Gasteiger partial charge in [0.1, 0.15) is 11.6 Å². The summed E-state index contributed by atoms with van der Waals surface area (Å²) >= 11 is 0. The van der Waals surface area contributed by atoms with Crippen LogP contribution in [0.5, 0.6) is 5.75 Å². The molecule has 0 radical (unpaired) electrons. The minimum atomic E-state index is -0.226. The summed E-state index contributed by atoms with van der Waals surface area (Å²) in [5.41, 5.74) is 1.94. The normalized spacial score (nSPS) is 12.7. The lowest BCUT2D eigenvalue weighted by Gasteiger charge is -2.26. The Morgan fingerprint density at radius 3 is 2.59 bits per heavy atom. The van der Waals surface area contributed by atoms with Crippen molar-refractivity contribution >= 4 is 5.96 Å². The zero-order valence-corrected chi connectivity index (χ0v) is 16.5. The average molecular weight is 372 g/mol. The predicted octanol–water partition coefficient (Wildman–Crippen LogP) is 3.19. The monoisotopic (exact) mass is 372 g/mol. The first-order chi connectivity index (χ1) is 13.0. The van der Waals surface area contributed by atoms with Gasteiger partial charge in [0, 0.05) is 18.7 Å². The van der Waals surface area contributed by atoms with E-state index in [-0.39, 0.29) is 11.9 Å². The summed E-state index contributed by atoms with van der Waals surface area (Å²) in [4.78, 5) is 6.72. The number of guanidine groups is 1. The van der Waals surface area contributed by atoms with Crippen LogP contribution in [0, 0.1) is 5.82 Å². The van der Waals surface area contributed by atoms with E-state index in [1.54, 1.807) is 19.2 Å². The van der Waals surface area contributed by atoms with Crippen LogP contribution in [0.2, 0.25) is 0 Å². The van der Waals surface area contributed by atoms with E-state index in [0.717, 1.165) is 23.4 Å². The van der Waals surface area contributed by atoms with Crippen LogP contribution < -0.4 is 15.4 Å². The molecule has 0 saturated heterocycles. The van der Waals surface area contributed by atoms with Gasteiger partial charge in [-0.15, -0.1) is 0 Å². The van der Waals surface area contributed by atoms with Gasteiger partial charge in [0.25, 0.3) is 0 Å². The van der Waals surface area contributed by atoms with Gasteiger partial charge in [-0.05, 0) is 44.8 Å². The Morgan fingerprint density at radius 1 is 1.15 bits per heavy atom. The number of likely N-dealkylation sites (N-methyl/N-ethyl adjacent to an activating group) is 1. The van der Waals surface area contributed by atoms with Crippen LogP contribution in [-0.4, -0.2) is 45.2 Å². The molecule has 0 amide bonds. The summed E-state index contributed by atoms with van der Waals surface area (Å²) in [6.07, 6.45) is 0. The minimum Gasteiger partial charge on any atom is -0.496 e. The molecule has 2 aromatic rings. The van der Waals surface area contributed by atoms with Crippen molar-refractivity contribution in [2.75, 3.05) is 34.3 Å². The third-order valence-corrected chi connectivity index (χ3v) is 4.26. The first kappa shape index (κ1) is 20.7. The summed E-state index contributed by atoms with van der Waals surface area (Å²) in [5, 5.41) is 6.61. The van der Waals surface area contributed by atoms with E-state index < -0.39 is 0 Å². The molecule has 1 atom stereocenters. The van der Waals surface area contributed by atoms with Crippen LogP contribution in [0.25, 0.3) is 0 Å².